The quantitative estimate of drug-likeness (QED) is 0.603. The van der Waals surface area contributed by atoms with Crippen molar-refractivity contribution in [3.63, 3.8) is 0 Å². The number of piperidine rings is 1. The van der Waals surface area contributed by atoms with Crippen LogP contribution in [0, 0.1) is 5.92 Å². The summed E-state index contributed by atoms with van der Waals surface area (Å²) in [7, 11) is 0. The van der Waals surface area contributed by atoms with E-state index in [4.69, 9.17) is 28.3 Å². The number of carbonyl (C=O) groups excluding carboxylic acids is 2. The molecule has 1 heterocycles. The molecule has 1 atom stereocenters. The number of carbonyl (C=O) groups is 3. The van der Waals surface area contributed by atoms with Gasteiger partial charge in [0, 0.05) is 30.6 Å². The third-order valence-electron chi connectivity index (χ3n) is 5.51. The van der Waals surface area contributed by atoms with Crippen molar-refractivity contribution < 1.29 is 19.5 Å². The zero-order chi connectivity index (χ0) is 23.3. The first-order valence-electron chi connectivity index (χ1n) is 10.3. The molecule has 0 aliphatic carbocycles. The second-order valence-corrected chi connectivity index (χ2v) is 8.45. The summed E-state index contributed by atoms with van der Waals surface area (Å²) in [6.45, 7) is 2.27. The average Bonchev–Trinajstić information content (AvgIpc) is 2.80. The third kappa shape index (κ3) is 5.69. The van der Waals surface area contributed by atoms with Gasteiger partial charge in [0.15, 0.2) is 0 Å². The van der Waals surface area contributed by atoms with Crippen LogP contribution in [-0.2, 0) is 14.4 Å². The van der Waals surface area contributed by atoms with Gasteiger partial charge in [-0.3, -0.25) is 14.4 Å². The molecular formula is C24H24Cl2N2O4. The molecule has 2 aromatic carbocycles. The molecule has 2 amide bonds. The van der Waals surface area contributed by atoms with Gasteiger partial charge >= 0.3 is 5.97 Å². The van der Waals surface area contributed by atoms with Crippen molar-refractivity contribution in [1.29, 1.82) is 0 Å². The number of nitrogens with one attached hydrogen (secondary N) is 1. The van der Waals surface area contributed by atoms with Crippen LogP contribution in [0.4, 0.5) is 0 Å². The van der Waals surface area contributed by atoms with Crippen LogP contribution >= 0.6 is 23.2 Å². The van der Waals surface area contributed by atoms with Gasteiger partial charge in [0.05, 0.1) is 10.0 Å². The van der Waals surface area contributed by atoms with Crippen molar-refractivity contribution in [2.24, 2.45) is 5.92 Å². The molecule has 0 radical (unpaired) electrons. The molecular weight excluding hydrogens is 451 g/mol. The summed E-state index contributed by atoms with van der Waals surface area (Å²) >= 11 is 12.9. The Balaban J connectivity index is 1.60. The van der Waals surface area contributed by atoms with Gasteiger partial charge in [-0.25, -0.2) is 0 Å². The smallest absolute Gasteiger partial charge is 0.325 e. The Morgan fingerprint density at radius 2 is 1.72 bits per heavy atom. The number of rotatable bonds is 6. The second kappa shape index (κ2) is 10.7. The Morgan fingerprint density at radius 1 is 1.06 bits per heavy atom. The molecule has 1 fully saturated rings. The monoisotopic (exact) mass is 474 g/mol. The van der Waals surface area contributed by atoms with Gasteiger partial charge in [-0.05, 0) is 37.0 Å². The van der Waals surface area contributed by atoms with E-state index in [0.29, 0.717) is 41.5 Å². The van der Waals surface area contributed by atoms with Crippen LogP contribution in [0.1, 0.15) is 25.3 Å². The molecule has 1 aliphatic rings. The van der Waals surface area contributed by atoms with Crippen LogP contribution in [0.25, 0.3) is 17.2 Å². The first-order chi connectivity index (χ1) is 15.3. The Bertz CT molecular complexity index is 1030. The molecule has 2 N–H and O–H groups in total. The minimum absolute atomic E-state index is 0.179. The zero-order valence-electron chi connectivity index (χ0n) is 17.6. The first kappa shape index (κ1) is 23.8. The highest BCUT2D eigenvalue weighted by Crippen LogP contribution is 2.36. The Labute approximate surface area is 196 Å². The highest BCUT2D eigenvalue weighted by molar-refractivity contribution is 6.44. The normalized spacial score (nSPS) is 15.5. The number of nitrogens with zero attached hydrogens (tertiary/aromatic N) is 1. The minimum atomic E-state index is -1.08. The van der Waals surface area contributed by atoms with Gasteiger partial charge in [0.2, 0.25) is 11.8 Å². The molecule has 1 unspecified atom stereocenters. The van der Waals surface area contributed by atoms with Gasteiger partial charge in [-0.15, -0.1) is 0 Å². The maximum absolute atomic E-state index is 12.6. The van der Waals surface area contributed by atoms with E-state index >= 15 is 0 Å². The lowest BCUT2D eigenvalue weighted by atomic mass is 9.95. The molecule has 168 valence electrons. The molecule has 0 saturated carbocycles. The first-order valence-corrected chi connectivity index (χ1v) is 11.1. The number of benzene rings is 2. The topological polar surface area (TPSA) is 86.7 Å². The van der Waals surface area contributed by atoms with Gasteiger partial charge in [0.25, 0.3) is 0 Å². The summed E-state index contributed by atoms with van der Waals surface area (Å²) in [5.74, 6) is -1.85. The van der Waals surface area contributed by atoms with Gasteiger partial charge in [0.1, 0.15) is 6.04 Å². The molecule has 1 saturated heterocycles. The lowest BCUT2D eigenvalue weighted by molar-refractivity contribution is -0.142. The number of halogens is 2. The maximum Gasteiger partial charge on any atom is 0.325 e. The number of carboxylic acids is 1. The van der Waals surface area contributed by atoms with Gasteiger partial charge < -0.3 is 15.3 Å². The van der Waals surface area contributed by atoms with Crippen LogP contribution in [0.5, 0.6) is 0 Å². The Morgan fingerprint density at radius 3 is 2.34 bits per heavy atom. The third-order valence-corrected chi connectivity index (χ3v) is 6.41. The fraction of sp³-hybridized carbons (Fsp3) is 0.292. The minimum Gasteiger partial charge on any atom is -0.480 e. The molecule has 8 heteroatoms. The van der Waals surface area contributed by atoms with Gasteiger partial charge in [-0.2, -0.15) is 0 Å². The highest BCUT2D eigenvalue weighted by atomic mass is 35.5. The molecule has 6 nitrogen and oxygen atoms in total. The molecule has 0 aromatic heterocycles. The summed E-state index contributed by atoms with van der Waals surface area (Å²) in [5, 5.41) is 12.2. The van der Waals surface area contributed by atoms with Crippen molar-refractivity contribution in [1.82, 2.24) is 10.2 Å². The van der Waals surface area contributed by atoms with Crippen LogP contribution in [-0.4, -0.2) is 46.9 Å². The number of hydrogen-bond acceptors (Lipinski definition) is 3. The molecule has 32 heavy (non-hydrogen) atoms. The SMILES string of the molecule is CC(NC(=O)C1CCN(C(=O)C=Cc2ccc(-c3ccccc3)c(Cl)c2Cl)CC1)C(=O)O. The fourth-order valence-corrected chi connectivity index (χ4v) is 4.06. The van der Waals surface area contributed by atoms with E-state index in [-0.39, 0.29) is 17.7 Å². The number of amides is 2. The van der Waals surface area contributed by atoms with Crippen molar-refractivity contribution in [3.8, 4) is 11.1 Å². The van der Waals surface area contributed by atoms with E-state index < -0.39 is 12.0 Å². The number of carboxylic acid groups (broad SMARTS) is 1. The number of likely N-dealkylation sites (tertiary alicyclic amines) is 1. The predicted molar refractivity (Wildman–Crippen MR) is 125 cm³/mol. The van der Waals surface area contributed by atoms with E-state index in [0.717, 1.165) is 11.1 Å². The molecule has 0 spiro atoms. The fourth-order valence-electron chi connectivity index (χ4n) is 3.56. The van der Waals surface area contributed by atoms with Crippen LogP contribution in [0.15, 0.2) is 48.5 Å². The number of hydrogen-bond donors (Lipinski definition) is 2. The van der Waals surface area contributed by atoms with Crippen LogP contribution in [0.2, 0.25) is 10.0 Å². The summed E-state index contributed by atoms with van der Waals surface area (Å²) in [6.07, 6.45) is 4.05. The van der Waals surface area contributed by atoms with Crippen LogP contribution < -0.4 is 5.32 Å². The molecule has 0 bridgehead atoms. The highest BCUT2D eigenvalue weighted by Gasteiger charge is 2.28. The van der Waals surface area contributed by atoms with Crippen molar-refractivity contribution in [3.05, 3.63) is 64.1 Å². The van der Waals surface area contributed by atoms with E-state index in [1.165, 1.54) is 13.0 Å². The van der Waals surface area contributed by atoms with E-state index in [1.54, 1.807) is 11.0 Å². The summed E-state index contributed by atoms with van der Waals surface area (Å²) in [4.78, 5) is 37.3. The lowest BCUT2D eigenvalue weighted by Gasteiger charge is -2.31. The summed E-state index contributed by atoms with van der Waals surface area (Å²) < 4.78 is 0. The largest absolute Gasteiger partial charge is 0.480 e. The maximum atomic E-state index is 12.6. The van der Waals surface area contributed by atoms with Crippen molar-refractivity contribution in [2.75, 3.05) is 13.1 Å². The van der Waals surface area contributed by atoms with E-state index in [9.17, 15) is 14.4 Å². The summed E-state index contributed by atoms with van der Waals surface area (Å²) in [6, 6.07) is 12.4. The average molecular weight is 475 g/mol. The van der Waals surface area contributed by atoms with Gasteiger partial charge in [-0.1, -0.05) is 65.7 Å². The standard InChI is InChI=1S/C24H24Cl2N2O4/c1-15(24(31)32)27-23(30)18-11-13-28(14-12-18)20(29)10-8-17-7-9-19(22(26)21(17)25)16-5-3-2-4-6-16/h2-10,15,18H,11-14H2,1H3,(H,27,30)(H,31,32). The molecule has 1 aliphatic heterocycles. The number of aliphatic carboxylic acids is 1. The molecule has 2 aromatic rings. The molecule has 3 rings (SSSR count). The Kier molecular flexibility index (Phi) is 7.94. The summed E-state index contributed by atoms with van der Waals surface area (Å²) in [5.41, 5.74) is 2.41. The Hall–Kier alpha value is -2.83. The van der Waals surface area contributed by atoms with Crippen molar-refractivity contribution >= 4 is 47.1 Å². The lowest BCUT2D eigenvalue weighted by Crippen LogP contribution is -2.46. The van der Waals surface area contributed by atoms with Crippen molar-refractivity contribution in [2.45, 2.75) is 25.8 Å². The van der Waals surface area contributed by atoms with E-state index in [2.05, 4.69) is 5.32 Å². The second-order valence-electron chi connectivity index (χ2n) is 7.70. The van der Waals surface area contributed by atoms with E-state index in [1.807, 2.05) is 42.5 Å². The predicted octanol–water partition coefficient (Wildman–Crippen LogP) is 4.50. The zero-order valence-corrected chi connectivity index (χ0v) is 19.1. The van der Waals surface area contributed by atoms with Crippen LogP contribution in [0.3, 0.4) is 0 Å².